The predicted molar refractivity (Wildman–Crippen MR) is 80.4 cm³/mol. The summed E-state index contributed by atoms with van der Waals surface area (Å²) in [7, 11) is 0. The van der Waals surface area contributed by atoms with Crippen molar-refractivity contribution in [1.82, 2.24) is 0 Å². The monoisotopic (exact) mass is 356 g/mol. The summed E-state index contributed by atoms with van der Waals surface area (Å²) in [6, 6.07) is 7.80. The quantitative estimate of drug-likeness (QED) is 0.674. The molecule has 104 valence electrons. The molecule has 0 spiro atoms. The Morgan fingerprint density at radius 2 is 1.95 bits per heavy atom. The first kappa shape index (κ1) is 15.0. The Bertz CT molecular complexity index is 686. The van der Waals surface area contributed by atoms with Crippen LogP contribution in [0.15, 0.2) is 34.8 Å². The molecule has 0 bridgehead atoms. The van der Waals surface area contributed by atoms with Crippen molar-refractivity contribution in [3.63, 3.8) is 0 Å². The van der Waals surface area contributed by atoms with Gasteiger partial charge in [0, 0.05) is 4.47 Å². The number of hydrogen-bond acceptors (Lipinski definition) is 2. The lowest BCUT2D eigenvalue weighted by Crippen LogP contribution is -2.00. The molecular formula is C15H11BrClFO2. The molecule has 0 saturated carbocycles. The molecule has 0 aliphatic heterocycles. The van der Waals surface area contributed by atoms with Crippen LogP contribution in [0.5, 0.6) is 11.5 Å². The highest BCUT2D eigenvalue weighted by molar-refractivity contribution is 9.10. The summed E-state index contributed by atoms with van der Waals surface area (Å²) in [4.78, 5) is 11.6. The molecular weight excluding hydrogens is 347 g/mol. The second-order valence-electron chi connectivity index (χ2n) is 4.33. The third-order valence-corrected chi connectivity index (χ3v) is 3.54. The topological polar surface area (TPSA) is 26.3 Å². The molecule has 0 heterocycles. The van der Waals surface area contributed by atoms with Gasteiger partial charge in [0.1, 0.15) is 17.3 Å². The van der Waals surface area contributed by atoms with Gasteiger partial charge in [-0.25, -0.2) is 4.39 Å². The molecule has 0 radical (unpaired) electrons. The number of halogens is 3. The molecule has 0 aliphatic carbocycles. The SMILES string of the molecule is CC(=O)c1cc(F)c(C)cc1Oc1ccc(Br)cc1Cl. The van der Waals surface area contributed by atoms with E-state index in [1.54, 1.807) is 25.1 Å². The maximum absolute atomic E-state index is 13.6. The fourth-order valence-electron chi connectivity index (χ4n) is 1.69. The normalized spacial score (nSPS) is 10.4. The number of aryl methyl sites for hydroxylation is 1. The lowest BCUT2D eigenvalue weighted by atomic mass is 10.1. The molecule has 2 rings (SSSR count). The summed E-state index contributed by atoms with van der Waals surface area (Å²) in [6.45, 7) is 2.97. The highest BCUT2D eigenvalue weighted by Gasteiger charge is 2.14. The Kier molecular flexibility index (Phi) is 4.45. The van der Waals surface area contributed by atoms with Gasteiger partial charge in [-0.1, -0.05) is 27.5 Å². The van der Waals surface area contributed by atoms with Gasteiger partial charge >= 0.3 is 0 Å². The highest BCUT2D eigenvalue weighted by Crippen LogP contribution is 2.34. The zero-order chi connectivity index (χ0) is 14.9. The first-order valence-corrected chi connectivity index (χ1v) is 6.99. The molecule has 0 fully saturated rings. The van der Waals surface area contributed by atoms with Crippen LogP contribution in [0.4, 0.5) is 4.39 Å². The molecule has 0 aromatic heterocycles. The smallest absolute Gasteiger partial charge is 0.163 e. The van der Waals surface area contributed by atoms with Gasteiger partial charge in [-0.15, -0.1) is 0 Å². The summed E-state index contributed by atoms with van der Waals surface area (Å²) in [6.07, 6.45) is 0. The van der Waals surface area contributed by atoms with Crippen molar-refractivity contribution in [3.8, 4) is 11.5 Å². The van der Waals surface area contributed by atoms with Gasteiger partial charge in [-0.2, -0.15) is 0 Å². The van der Waals surface area contributed by atoms with Gasteiger partial charge in [0.25, 0.3) is 0 Å². The Labute approximate surface area is 129 Å². The minimum atomic E-state index is -0.440. The van der Waals surface area contributed by atoms with Crippen molar-refractivity contribution >= 4 is 33.3 Å². The van der Waals surface area contributed by atoms with E-state index in [0.717, 1.165) is 4.47 Å². The van der Waals surface area contributed by atoms with Crippen LogP contribution < -0.4 is 4.74 Å². The van der Waals surface area contributed by atoms with Crippen molar-refractivity contribution in [1.29, 1.82) is 0 Å². The maximum atomic E-state index is 13.6. The van der Waals surface area contributed by atoms with Crippen LogP contribution in [0, 0.1) is 12.7 Å². The minimum absolute atomic E-state index is 0.187. The molecule has 0 saturated heterocycles. The third-order valence-electron chi connectivity index (χ3n) is 2.75. The van der Waals surface area contributed by atoms with E-state index in [1.807, 2.05) is 0 Å². The van der Waals surface area contributed by atoms with Crippen LogP contribution in [0.25, 0.3) is 0 Å². The zero-order valence-electron chi connectivity index (χ0n) is 10.8. The van der Waals surface area contributed by atoms with Gasteiger partial charge in [0.2, 0.25) is 0 Å². The van der Waals surface area contributed by atoms with Gasteiger partial charge in [-0.3, -0.25) is 4.79 Å². The van der Waals surface area contributed by atoms with E-state index in [2.05, 4.69) is 15.9 Å². The number of carbonyl (C=O) groups is 1. The maximum Gasteiger partial charge on any atom is 0.163 e. The number of ketones is 1. The average Bonchev–Trinajstić information content (AvgIpc) is 2.36. The largest absolute Gasteiger partial charge is 0.455 e. The van der Waals surface area contributed by atoms with Crippen molar-refractivity contribution in [3.05, 3.63) is 56.8 Å². The van der Waals surface area contributed by atoms with Gasteiger partial charge in [-0.05, 0) is 49.7 Å². The van der Waals surface area contributed by atoms with Crippen molar-refractivity contribution < 1.29 is 13.9 Å². The van der Waals surface area contributed by atoms with E-state index in [-0.39, 0.29) is 11.3 Å². The number of carbonyl (C=O) groups excluding carboxylic acids is 1. The van der Waals surface area contributed by atoms with Crippen molar-refractivity contribution in [2.24, 2.45) is 0 Å². The Morgan fingerprint density at radius 3 is 2.55 bits per heavy atom. The van der Waals surface area contributed by atoms with Gasteiger partial charge in [0.15, 0.2) is 5.78 Å². The Balaban J connectivity index is 2.47. The molecule has 0 amide bonds. The lowest BCUT2D eigenvalue weighted by molar-refractivity contribution is 0.101. The summed E-state index contributed by atoms with van der Waals surface area (Å²) in [5.41, 5.74) is 0.588. The molecule has 2 aromatic rings. The number of rotatable bonds is 3. The van der Waals surface area contributed by atoms with Crippen LogP contribution in [-0.2, 0) is 0 Å². The van der Waals surface area contributed by atoms with Crippen LogP contribution in [0.1, 0.15) is 22.8 Å². The van der Waals surface area contributed by atoms with Crippen LogP contribution in [0.3, 0.4) is 0 Å². The fraction of sp³-hybridized carbons (Fsp3) is 0.133. The fourth-order valence-corrected chi connectivity index (χ4v) is 2.40. The van der Waals surface area contributed by atoms with E-state index in [9.17, 15) is 9.18 Å². The molecule has 20 heavy (non-hydrogen) atoms. The summed E-state index contributed by atoms with van der Waals surface area (Å²) in [5.74, 6) is -0.0133. The van der Waals surface area contributed by atoms with E-state index >= 15 is 0 Å². The molecule has 2 nitrogen and oxygen atoms in total. The Morgan fingerprint density at radius 1 is 1.25 bits per heavy atom. The second kappa shape index (κ2) is 5.94. The highest BCUT2D eigenvalue weighted by atomic mass is 79.9. The molecule has 5 heteroatoms. The summed E-state index contributed by atoms with van der Waals surface area (Å²) < 4.78 is 20.0. The number of hydrogen-bond donors (Lipinski definition) is 0. The number of Topliss-reactive ketones (excluding diaryl/α,β-unsaturated/α-hetero) is 1. The second-order valence-corrected chi connectivity index (χ2v) is 5.65. The third kappa shape index (κ3) is 3.19. The van der Waals surface area contributed by atoms with E-state index < -0.39 is 5.82 Å². The zero-order valence-corrected chi connectivity index (χ0v) is 13.2. The number of benzene rings is 2. The minimum Gasteiger partial charge on any atom is -0.455 e. The lowest BCUT2D eigenvalue weighted by Gasteiger charge is -2.12. The van der Waals surface area contributed by atoms with Crippen molar-refractivity contribution in [2.45, 2.75) is 13.8 Å². The standard InChI is InChI=1S/C15H11BrClFO2/c1-8-5-15(11(9(2)19)7-13(8)18)20-14-4-3-10(16)6-12(14)17/h3-7H,1-2H3. The molecule has 0 N–H and O–H groups in total. The van der Waals surface area contributed by atoms with Crippen molar-refractivity contribution in [2.75, 3.05) is 0 Å². The van der Waals surface area contributed by atoms with Crippen LogP contribution in [0.2, 0.25) is 5.02 Å². The summed E-state index contributed by atoms with van der Waals surface area (Å²) in [5, 5.41) is 0.399. The molecule has 0 unspecified atom stereocenters. The van der Waals surface area contributed by atoms with E-state index in [4.69, 9.17) is 16.3 Å². The first-order chi connectivity index (χ1) is 9.38. The predicted octanol–water partition coefficient (Wildman–Crippen LogP) is 5.54. The van der Waals surface area contributed by atoms with E-state index in [1.165, 1.54) is 19.1 Å². The van der Waals surface area contributed by atoms with Crippen LogP contribution >= 0.6 is 27.5 Å². The first-order valence-electron chi connectivity index (χ1n) is 5.82. The summed E-state index contributed by atoms with van der Waals surface area (Å²) >= 11 is 9.37. The number of ether oxygens (including phenoxy) is 1. The van der Waals surface area contributed by atoms with Gasteiger partial charge in [0.05, 0.1) is 10.6 Å². The van der Waals surface area contributed by atoms with E-state index in [0.29, 0.717) is 22.1 Å². The Hall–Kier alpha value is -1.39. The molecule has 0 atom stereocenters. The van der Waals surface area contributed by atoms with Crippen LogP contribution in [-0.4, -0.2) is 5.78 Å². The molecule has 0 aliphatic rings. The average molecular weight is 358 g/mol. The molecule has 2 aromatic carbocycles. The van der Waals surface area contributed by atoms with Gasteiger partial charge < -0.3 is 4.74 Å².